The predicted molar refractivity (Wildman–Crippen MR) is 81.4 cm³/mol. The van der Waals surface area contributed by atoms with Crippen LogP contribution in [0, 0.1) is 11.8 Å². The van der Waals surface area contributed by atoms with Gasteiger partial charge in [-0.2, -0.15) is 0 Å². The van der Waals surface area contributed by atoms with Gasteiger partial charge >= 0.3 is 0 Å². The summed E-state index contributed by atoms with van der Waals surface area (Å²) in [6, 6.07) is 0. The Labute approximate surface area is 119 Å². The zero-order chi connectivity index (χ0) is 14.1. The van der Waals surface area contributed by atoms with Crippen LogP contribution in [0.1, 0.15) is 27.2 Å². The minimum atomic E-state index is 0.617. The molecule has 0 amide bonds. The minimum absolute atomic E-state index is 0.617. The van der Waals surface area contributed by atoms with Gasteiger partial charge in [-0.1, -0.05) is 20.8 Å². The molecular weight excluding hydrogens is 238 g/mol. The van der Waals surface area contributed by atoms with E-state index in [1.54, 1.807) is 0 Å². The van der Waals surface area contributed by atoms with Crippen LogP contribution in [0.3, 0.4) is 0 Å². The average Bonchev–Trinajstić information content (AvgIpc) is 2.39. The SMILES string of the molecule is CC(C)CCOCCN1CCN(CC(C)CN)CC1. The Morgan fingerprint density at radius 3 is 2.21 bits per heavy atom. The number of nitrogens with two attached hydrogens (primary N) is 1. The summed E-state index contributed by atoms with van der Waals surface area (Å²) >= 11 is 0. The molecule has 19 heavy (non-hydrogen) atoms. The maximum absolute atomic E-state index is 5.68. The summed E-state index contributed by atoms with van der Waals surface area (Å²) in [7, 11) is 0. The number of piperazine rings is 1. The van der Waals surface area contributed by atoms with Crippen LogP contribution in [-0.2, 0) is 4.74 Å². The van der Waals surface area contributed by atoms with E-state index in [-0.39, 0.29) is 0 Å². The van der Waals surface area contributed by atoms with Gasteiger partial charge in [0, 0.05) is 45.9 Å². The van der Waals surface area contributed by atoms with Gasteiger partial charge in [0.1, 0.15) is 0 Å². The molecule has 0 saturated carbocycles. The van der Waals surface area contributed by atoms with Crippen molar-refractivity contribution in [3.05, 3.63) is 0 Å². The monoisotopic (exact) mass is 271 g/mol. The fraction of sp³-hybridized carbons (Fsp3) is 1.00. The van der Waals surface area contributed by atoms with E-state index in [4.69, 9.17) is 10.5 Å². The largest absolute Gasteiger partial charge is 0.380 e. The molecule has 0 aromatic carbocycles. The predicted octanol–water partition coefficient (Wildman–Crippen LogP) is 1.26. The highest BCUT2D eigenvalue weighted by Gasteiger charge is 2.17. The van der Waals surface area contributed by atoms with Crippen LogP contribution in [0.5, 0.6) is 0 Å². The minimum Gasteiger partial charge on any atom is -0.380 e. The Morgan fingerprint density at radius 1 is 1.00 bits per heavy atom. The number of ether oxygens (including phenoxy) is 1. The molecule has 0 aromatic rings. The summed E-state index contributed by atoms with van der Waals surface area (Å²) in [5, 5.41) is 0. The van der Waals surface area contributed by atoms with Gasteiger partial charge in [-0.3, -0.25) is 4.90 Å². The lowest BCUT2D eigenvalue weighted by Crippen LogP contribution is -2.48. The van der Waals surface area contributed by atoms with E-state index < -0.39 is 0 Å². The van der Waals surface area contributed by atoms with Gasteiger partial charge < -0.3 is 15.4 Å². The van der Waals surface area contributed by atoms with Gasteiger partial charge in [0.2, 0.25) is 0 Å². The molecule has 1 aliphatic rings. The summed E-state index contributed by atoms with van der Waals surface area (Å²) in [6.45, 7) is 16.2. The number of nitrogens with zero attached hydrogens (tertiary/aromatic N) is 2. The second kappa shape index (κ2) is 9.70. The Balaban J connectivity index is 2.00. The van der Waals surface area contributed by atoms with Crippen molar-refractivity contribution in [2.45, 2.75) is 27.2 Å². The first-order valence-electron chi connectivity index (χ1n) is 7.84. The van der Waals surface area contributed by atoms with E-state index in [0.717, 1.165) is 38.8 Å². The summed E-state index contributed by atoms with van der Waals surface area (Å²) in [6.07, 6.45) is 1.17. The molecular formula is C15H33N3O. The number of hydrogen-bond donors (Lipinski definition) is 1. The molecule has 1 rings (SSSR count). The molecule has 0 radical (unpaired) electrons. The first-order chi connectivity index (χ1) is 9.11. The topological polar surface area (TPSA) is 41.7 Å². The molecule has 1 aliphatic heterocycles. The molecule has 0 spiro atoms. The number of hydrogen-bond acceptors (Lipinski definition) is 4. The average molecular weight is 271 g/mol. The lowest BCUT2D eigenvalue weighted by atomic mass is 10.1. The Hall–Kier alpha value is -0.160. The molecule has 0 bridgehead atoms. The molecule has 0 aromatic heterocycles. The van der Waals surface area contributed by atoms with Crippen molar-refractivity contribution in [1.29, 1.82) is 0 Å². The highest BCUT2D eigenvalue weighted by Crippen LogP contribution is 2.05. The van der Waals surface area contributed by atoms with Gasteiger partial charge in [0.05, 0.1) is 6.61 Å². The standard InChI is InChI=1S/C15H33N3O/c1-14(2)4-10-19-11-9-17-5-7-18(8-6-17)13-15(3)12-16/h14-15H,4-13,16H2,1-3H3. The smallest absolute Gasteiger partial charge is 0.0593 e. The molecule has 0 aliphatic carbocycles. The van der Waals surface area contributed by atoms with Gasteiger partial charge in [0.15, 0.2) is 0 Å². The third-order valence-corrected chi connectivity index (χ3v) is 3.83. The lowest BCUT2D eigenvalue weighted by molar-refractivity contribution is 0.0681. The summed E-state index contributed by atoms with van der Waals surface area (Å²) in [5.74, 6) is 1.36. The maximum Gasteiger partial charge on any atom is 0.0593 e. The van der Waals surface area contributed by atoms with Crippen molar-refractivity contribution in [3.8, 4) is 0 Å². The molecule has 1 fully saturated rings. The summed E-state index contributed by atoms with van der Waals surface area (Å²) in [5.41, 5.74) is 5.68. The zero-order valence-corrected chi connectivity index (χ0v) is 13.1. The molecule has 4 heteroatoms. The summed E-state index contributed by atoms with van der Waals surface area (Å²) < 4.78 is 5.68. The first-order valence-corrected chi connectivity index (χ1v) is 7.84. The Morgan fingerprint density at radius 2 is 1.63 bits per heavy atom. The fourth-order valence-corrected chi connectivity index (χ4v) is 2.33. The van der Waals surface area contributed by atoms with Crippen LogP contribution in [-0.4, -0.2) is 68.8 Å². The van der Waals surface area contributed by atoms with Gasteiger partial charge in [-0.25, -0.2) is 0 Å². The molecule has 4 nitrogen and oxygen atoms in total. The van der Waals surface area contributed by atoms with E-state index in [9.17, 15) is 0 Å². The van der Waals surface area contributed by atoms with Crippen molar-refractivity contribution in [2.75, 3.05) is 59.0 Å². The van der Waals surface area contributed by atoms with Crippen molar-refractivity contribution in [3.63, 3.8) is 0 Å². The second-order valence-corrected chi connectivity index (χ2v) is 6.28. The van der Waals surface area contributed by atoms with Crippen LogP contribution < -0.4 is 5.73 Å². The van der Waals surface area contributed by atoms with Crippen LogP contribution in [0.2, 0.25) is 0 Å². The third-order valence-electron chi connectivity index (χ3n) is 3.83. The third kappa shape index (κ3) is 7.88. The first kappa shape index (κ1) is 16.9. The van der Waals surface area contributed by atoms with Crippen LogP contribution in [0.15, 0.2) is 0 Å². The van der Waals surface area contributed by atoms with Crippen LogP contribution >= 0.6 is 0 Å². The van der Waals surface area contributed by atoms with Gasteiger partial charge in [-0.15, -0.1) is 0 Å². The van der Waals surface area contributed by atoms with Crippen LogP contribution in [0.4, 0.5) is 0 Å². The van der Waals surface area contributed by atoms with Crippen molar-refractivity contribution < 1.29 is 4.74 Å². The Kier molecular flexibility index (Phi) is 8.62. The Bertz CT molecular complexity index is 215. The van der Waals surface area contributed by atoms with Crippen LogP contribution in [0.25, 0.3) is 0 Å². The van der Waals surface area contributed by atoms with Gasteiger partial charge in [-0.05, 0) is 24.8 Å². The molecule has 1 heterocycles. The molecule has 2 N–H and O–H groups in total. The molecule has 1 unspecified atom stereocenters. The molecule has 114 valence electrons. The normalized spacial score (nSPS) is 20.1. The summed E-state index contributed by atoms with van der Waals surface area (Å²) in [4.78, 5) is 5.05. The molecule has 1 atom stereocenters. The zero-order valence-electron chi connectivity index (χ0n) is 13.1. The van der Waals surface area contributed by atoms with Crippen molar-refractivity contribution in [2.24, 2.45) is 17.6 Å². The van der Waals surface area contributed by atoms with E-state index in [2.05, 4.69) is 30.6 Å². The number of rotatable bonds is 9. The van der Waals surface area contributed by atoms with E-state index in [0.29, 0.717) is 5.92 Å². The van der Waals surface area contributed by atoms with Gasteiger partial charge in [0.25, 0.3) is 0 Å². The van der Waals surface area contributed by atoms with E-state index in [1.165, 1.54) is 32.6 Å². The highest BCUT2D eigenvalue weighted by atomic mass is 16.5. The highest BCUT2D eigenvalue weighted by molar-refractivity contribution is 4.73. The van der Waals surface area contributed by atoms with E-state index >= 15 is 0 Å². The quantitative estimate of drug-likeness (QED) is 0.641. The lowest BCUT2D eigenvalue weighted by Gasteiger charge is -2.35. The second-order valence-electron chi connectivity index (χ2n) is 6.28. The van der Waals surface area contributed by atoms with Crippen molar-refractivity contribution >= 4 is 0 Å². The van der Waals surface area contributed by atoms with E-state index in [1.807, 2.05) is 0 Å². The fourth-order valence-electron chi connectivity index (χ4n) is 2.33. The maximum atomic E-state index is 5.68. The molecule has 1 saturated heterocycles. The van der Waals surface area contributed by atoms with Crippen molar-refractivity contribution in [1.82, 2.24) is 9.80 Å².